The summed E-state index contributed by atoms with van der Waals surface area (Å²) in [5.74, 6) is 2.02. The molecule has 0 bridgehead atoms. The van der Waals surface area contributed by atoms with Crippen molar-refractivity contribution in [2.45, 2.75) is 22.8 Å². The second-order valence-electron chi connectivity index (χ2n) is 3.06. The minimum absolute atomic E-state index is 1.01. The van der Waals surface area contributed by atoms with Gasteiger partial charge >= 0.3 is 99.3 Å². The molecular weight excluding hydrogens is 304 g/mol. The molecule has 0 heterocycles. The fraction of sp³-hybridized carbons (Fsp3) is 0.500. The normalized spacial score (nSPS) is 10.5. The summed E-state index contributed by atoms with van der Waals surface area (Å²) < 4.78 is 14.8. The zero-order valence-electron chi connectivity index (χ0n) is 9.87. The number of benzene rings is 1. The van der Waals surface area contributed by atoms with Crippen LogP contribution in [0.5, 0.6) is 11.5 Å². The summed E-state index contributed by atoms with van der Waals surface area (Å²) in [6.07, 6.45) is 0. The van der Waals surface area contributed by atoms with Crippen LogP contribution in [0.1, 0.15) is 13.8 Å². The molecule has 84 valence electrons. The van der Waals surface area contributed by atoms with E-state index in [-0.39, 0.29) is 0 Å². The van der Waals surface area contributed by atoms with Crippen LogP contribution in [0, 0.1) is 0 Å². The average molecular weight is 323 g/mol. The Morgan fingerprint density at radius 2 is 1.47 bits per heavy atom. The molecule has 0 atom stereocenters. The third-order valence-corrected chi connectivity index (χ3v) is 9.14. The SMILES string of the molecule is CC[Te+](CC)c1c(OC)cccc1OC. The van der Waals surface area contributed by atoms with E-state index in [9.17, 15) is 0 Å². The van der Waals surface area contributed by atoms with Crippen LogP contribution < -0.4 is 13.1 Å². The summed E-state index contributed by atoms with van der Waals surface area (Å²) in [7, 11) is 3.47. The summed E-state index contributed by atoms with van der Waals surface area (Å²) in [6.45, 7) is 4.54. The summed E-state index contributed by atoms with van der Waals surface area (Å²) >= 11 is -1.23. The number of ether oxygens (including phenoxy) is 2. The molecule has 2 nitrogen and oxygen atoms in total. The number of rotatable bonds is 5. The van der Waals surface area contributed by atoms with Crippen molar-refractivity contribution in [2.24, 2.45) is 0 Å². The van der Waals surface area contributed by atoms with Crippen molar-refractivity contribution in [1.29, 1.82) is 0 Å². The molecule has 0 saturated heterocycles. The van der Waals surface area contributed by atoms with Crippen molar-refractivity contribution >= 4 is 23.2 Å². The standard InChI is InChI=1S/C12H19O2Te/c1-5-15(6-2)12-10(13-3)8-7-9-11(12)14-4/h7-9H,5-6H2,1-4H3/q+1. The summed E-state index contributed by atoms with van der Waals surface area (Å²) in [4.78, 5) is 0. The van der Waals surface area contributed by atoms with Gasteiger partial charge in [0, 0.05) is 0 Å². The Morgan fingerprint density at radius 3 is 1.80 bits per heavy atom. The van der Waals surface area contributed by atoms with Crippen LogP contribution in [0.25, 0.3) is 0 Å². The molecule has 1 aromatic carbocycles. The maximum atomic E-state index is 5.43. The third-order valence-electron chi connectivity index (χ3n) is 2.37. The van der Waals surface area contributed by atoms with E-state index in [1.54, 1.807) is 14.2 Å². The van der Waals surface area contributed by atoms with E-state index in [2.05, 4.69) is 13.8 Å². The van der Waals surface area contributed by atoms with E-state index in [0.29, 0.717) is 0 Å². The molecule has 0 aromatic heterocycles. The van der Waals surface area contributed by atoms with Crippen molar-refractivity contribution in [3.05, 3.63) is 18.2 Å². The second-order valence-corrected chi connectivity index (χ2v) is 10.3. The Morgan fingerprint density at radius 1 is 1.00 bits per heavy atom. The summed E-state index contributed by atoms with van der Waals surface area (Å²) in [5, 5.41) is 0. The molecule has 0 saturated carbocycles. The van der Waals surface area contributed by atoms with Crippen molar-refractivity contribution < 1.29 is 9.47 Å². The molecule has 0 aliphatic heterocycles. The fourth-order valence-electron chi connectivity index (χ4n) is 1.59. The quantitative estimate of drug-likeness (QED) is 0.775. The van der Waals surface area contributed by atoms with Gasteiger partial charge < -0.3 is 0 Å². The molecule has 0 aliphatic rings. The molecule has 3 heteroatoms. The average Bonchev–Trinajstić information content (AvgIpc) is 2.30. The zero-order valence-corrected chi connectivity index (χ0v) is 12.2. The van der Waals surface area contributed by atoms with E-state index in [4.69, 9.17) is 9.47 Å². The van der Waals surface area contributed by atoms with Gasteiger partial charge in [0.25, 0.3) is 0 Å². The van der Waals surface area contributed by atoms with Gasteiger partial charge in [0.2, 0.25) is 0 Å². The molecule has 0 radical (unpaired) electrons. The van der Waals surface area contributed by atoms with Gasteiger partial charge in [0.05, 0.1) is 0 Å². The Hall–Kier alpha value is -0.390. The van der Waals surface area contributed by atoms with Crippen LogP contribution in [0.3, 0.4) is 0 Å². The molecular formula is C12H19O2Te+. The Bertz CT molecular complexity index is 286. The first-order valence-corrected chi connectivity index (χ1v) is 9.63. The predicted molar refractivity (Wildman–Crippen MR) is 65.9 cm³/mol. The van der Waals surface area contributed by atoms with Crippen LogP contribution >= 0.6 is 0 Å². The Labute approximate surface area is 99.2 Å². The van der Waals surface area contributed by atoms with Crippen LogP contribution in [0.4, 0.5) is 0 Å². The van der Waals surface area contributed by atoms with Gasteiger partial charge in [-0.2, -0.15) is 0 Å². The van der Waals surface area contributed by atoms with Gasteiger partial charge in [0.15, 0.2) is 0 Å². The van der Waals surface area contributed by atoms with E-state index in [1.807, 2.05) is 18.2 Å². The van der Waals surface area contributed by atoms with Gasteiger partial charge in [-0.1, -0.05) is 0 Å². The van der Waals surface area contributed by atoms with Gasteiger partial charge in [-0.3, -0.25) is 0 Å². The van der Waals surface area contributed by atoms with E-state index in [0.717, 1.165) is 11.5 Å². The predicted octanol–water partition coefficient (Wildman–Crippen LogP) is 2.45. The van der Waals surface area contributed by atoms with Gasteiger partial charge in [-0.15, -0.1) is 0 Å². The molecule has 0 unspecified atom stereocenters. The van der Waals surface area contributed by atoms with Crippen molar-refractivity contribution in [3.63, 3.8) is 0 Å². The Balaban J connectivity index is 3.20. The molecule has 0 spiro atoms. The second kappa shape index (κ2) is 6.25. The molecule has 1 rings (SSSR count). The van der Waals surface area contributed by atoms with Crippen molar-refractivity contribution in [1.82, 2.24) is 0 Å². The Kier molecular flexibility index (Phi) is 5.28. The van der Waals surface area contributed by atoms with Gasteiger partial charge in [-0.05, 0) is 0 Å². The van der Waals surface area contributed by atoms with Crippen molar-refractivity contribution in [2.75, 3.05) is 14.2 Å². The molecule has 0 fully saturated rings. The third kappa shape index (κ3) is 2.80. The monoisotopic (exact) mass is 325 g/mol. The number of hydrogen-bond acceptors (Lipinski definition) is 2. The van der Waals surface area contributed by atoms with Crippen LogP contribution in [-0.4, -0.2) is 33.8 Å². The first-order chi connectivity index (χ1) is 7.28. The summed E-state index contributed by atoms with van der Waals surface area (Å²) in [6, 6.07) is 6.07. The minimum atomic E-state index is -1.23. The van der Waals surface area contributed by atoms with Crippen LogP contribution in [-0.2, 0) is 0 Å². The molecule has 15 heavy (non-hydrogen) atoms. The molecule has 0 N–H and O–H groups in total. The number of hydrogen-bond donors (Lipinski definition) is 0. The van der Waals surface area contributed by atoms with Crippen molar-refractivity contribution in [3.8, 4) is 11.5 Å². The first-order valence-electron chi connectivity index (χ1n) is 5.16. The van der Waals surface area contributed by atoms with Gasteiger partial charge in [0.1, 0.15) is 0 Å². The van der Waals surface area contributed by atoms with E-state index in [1.165, 1.54) is 12.5 Å². The summed E-state index contributed by atoms with van der Waals surface area (Å²) in [5.41, 5.74) is 0. The molecule has 0 amide bonds. The van der Waals surface area contributed by atoms with Gasteiger partial charge in [-0.25, -0.2) is 0 Å². The van der Waals surface area contributed by atoms with Crippen LogP contribution in [0.2, 0.25) is 8.94 Å². The molecule has 0 aliphatic carbocycles. The maximum absolute atomic E-state index is 5.43. The topological polar surface area (TPSA) is 18.5 Å². The number of methoxy groups -OCH3 is 2. The fourth-order valence-corrected chi connectivity index (χ4v) is 6.90. The first kappa shape index (κ1) is 12.7. The van der Waals surface area contributed by atoms with E-state index < -0.39 is 19.6 Å². The van der Waals surface area contributed by atoms with E-state index >= 15 is 0 Å². The van der Waals surface area contributed by atoms with Crippen LogP contribution in [0.15, 0.2) is 18.2 Å². The molecule has 1 aromatic rings. The zero-order chi connectivity index (χ0) is 11.3.